The van der Waals surface area contributed by atoms with Crippen molar-refractivity contribution >= 4 is 11.0 Å². The largest absolute Gasteiger partial charge is 0.346 e. The van der Waals surface area contributed by atoms with E-state index in [1.54, 1.807) is 12.3 Å². The van der Waals surface area contributed by atoms with E-state index in [9.17, 15) is 0 Å². The second-order valence-electron chi connectivity index (χ2n) is 2.33. The first kappa shape index (κ1) is 12.4. The molecule has 0 aliphatic rings. The first-order valence-electron chi connectivity index (χ1n) is 4.83. The molecule has 0 atom stereocenters. The van der Waals surface area contributed by atoms with Gasteiger partial charge in [0.15, 0.2) is 0 Å². The van der Waals surface area contributed by atoms with Gasteiger partial charge in [-0.3, -0.25) is 0 Å². The summed E-state index contributed by atoms with van der Waals surface area (Å²) in [5, 5.41) is 1.16. The molecule has 2 rings (SSSR count). The summed E-state index contributed by atoms with van der Waals surface area (Å²) in [6.07, 6.45) is 5.41. The number of nitrogens with zero attached hydrogens (tertiary/aromatic N) is 1. The molecule has 0 spiro atoms. The topological polar surface area (TPSA) is 28.7 Å². The molecule has 0 fully saturated rings. The third kappa shape index (κ3) is 3.90. The van der Waals surface area contributed by atoms with E-state index in [2.05, 4.69) is 16.5 Å². The minimum Gasteiger partial charge on any atom is -0.346 e. The van der Waals surface area contributed by atoms with E-state index < -0.39 is 0 Å². The minimum absolute atomic E-state index is 0.956. The Kier molecular flexibility index (Phi) is 7.15. The number of H-pyrrole nitrogens is 1. The Morgan fingerprint density at radius 1 is 1.36 bits per heavy atom. The molecular formula is C12H18N2. The maximum Gasteiger partial charge on any atom is 0.137 e. The van der Waals surface area contributed by atoms with Gasteiger partial charge in [0.05, 0.1) is 0 Å². The molecule has 2 aromatic rings. The van der Waals surface area contributed by atoms with E-state index in [0.717, 1.165) is 11.0 Å². The van der Waals surface area contributed by atoms with Crippen molar-refractivity contribution in [2.45, 2.75) is 20.8 Å². The van der Waals surface area contributed by atoms with Crippen LogP contribution in [0.1, 0.15) is 20.8 Å². The minimum atomic E-state index is 0.956. The number of pyridine rings is 1. The highest BCUT2D eigenvalue weighted by atomic mass is 14.8. The molecule has 76 valence electrons. The zero-order valence-corrected chi connectivity index (χ0v) is 9.12. The molecule has 0 aliphatic heterocycles. The average Bonchev–Trinajstić information content (AvgIpc) is 2.69. The van der Waals surface area contributed by atoms with Crippen LogP contribution in [-0.2, 0) is 0 Å². The predicted molar refractivity (Wildman–Crippen MR) is 63.3 cm³/mol. The van der Waals surface area contributed by atoms with Gasteiger partial charge in [-0.2, -0.15) is 0 Å². The summed E-state index contributed by atoms with van der Waals surface area (Å²) in [5.41, 5.74) is 0.956. The Balaban J connectivity index is 0.000000294. The highest BCUT2D eigenvalue weighted by molar-refractivity contribution is 5.74. The van der Waals surface area contributed by atoms with Crippen LogP contribution in [0.5, 0.6) is 0 Å². The molecule has 14 heavy (non-hydrogen) atoms. The molecule has 0 unspecified atom stereocenters. The van der Waals surface area contributed by atoms with Crippen molar-refractivity contribution in [2.24, 2.45) is 0 Å². The fourth-order valence-electron chi connectivity index (χ4n) is 0.883. The molecule has 2 heteroatoms. The molecule has 1 N–H and O–H groups in total. The number of hydrogen-bond acceptors (Lipinski definition) is 1. The zero-order valence-electron chi connectivity index (χ0n) is 9.12. The van der Waals surface area contributed by atoms with Gasteiger partial charge in [-0.1, -0.05) is 19.9 Å². The lowest BCUT2D eigenvalue weighted by Crippen LogP contribution is -1.70. The van der Waals surface area contributed by atoms with Crippen molar-refractivity contribution in [1.29, 1.82) is 0 Å². The Morgan fingerprint density at radius 2 is 2.00 bits per heavy atom. The molecule has 2 heterocycles. The van der Waals surface area contributed by atoms with Gasteiger partial charge in [0.2, 0.25) is 0 Å². The molecule has 0 aliphatic carbocycles. The smallest absolute Gasteiger partial charge is 0.137 e. The van der Waals surface area contributed by atoms with Gasteiger partial charge >= 0.3 is 0 Å². The normalized spacial score (nSPS) is 7.93. The SMILES string of the molecule is C=CC.CC.c1cnc2[nH]ccc2c1. The Bertz CT molecular complexity index is 320. The molecule has 0 saturated carbocycles. The molecule has 2 aromatic heterocycles. The molecular weight excluding hydrogens is 172 g/mol. The molecule has 0 bridgehead atoms. The summed E-state index contributed by atoms with van der Waals surface area (Å²) in [7, 11) is 0. The molecule has 0 saturated heterocycles. The van der Waals surface area contributed by atoms with Gasteiger partial charge in [0.25, 0.3) is 0 Å². The summed E-state index contributed by atoms with van der Waals surface area (Å²) >= 11 is 0. The maximum atomic E-state index is 4.09. The van der Waals surface area contributed by atoms with Crippen LogP contribution >= 0.6 is 0 Å². The molecule has 0 aromatic carbocycles. The lowest BCUT2D eigenvalue weighted by Gasteiger charge is -1.82. The van der Waals surface area contributed by atoms with Gasteiger partial charge in [-0.15, -0.1) is 6.58 Å². The van der Waals surface area contributed by atoms with Crippen LogP contribution in [0.4, 0.5) is 0 Å². The standard InChI is InChI=1S/C7H6N2.C3H6.C2H6/c1-2-6-3-5-9-7(6)8-4-1;1-3-2;1-2/h1-5H,(H,8,9);3H,1H2,2H3;1-2H3. The highest BCUT2D eigenvalue weighted by Crippen LogP contribution is 2.05. The van der Waals surface area contributed by atoms with Gasteiger partial charge in [0, 0.05) is 17.8 Å². The zero-order chi connectivity index (χ0) is 10.8. The Hall–Kier alpha value is -1.57. The maximum absolute atomic E-state index is 4.09. The van der Waals surface area contributed by atoms with Crippen molar-refractivity contribution in [3.05, 3.63) is 43.2 Å². The van der Waals surface area contributed by atoms with Crippen LogP contribution in [0, 0.1) is 0 Å². The Morgan fingerprint density at radius 3 is 2.57 bits per heavy atom. The van der Waals surface area contributed by atoms with Gasteiger partial charge in [0.1, 0.15) is 5.65 Å². The molecule has 0 radical (unpaired) electrons. The fourth-order valence-corrected chi connectivity index (χ4v) is 0.883. The van der Waals surface area contributed by atoms with Crippen LogP contribution < -0.4 is 0 Å². The van der Waals surface area contributed by atoms with E-state index in [4.69, 9.17) is 0 Å². The third-order valence-electron chi connectivity index (χ3n) is 1.32. The number of aromatic nitrogens is 2. The number of aromatic amines is 1. The third-order valence-corrected chi connectivity index (χ3v) is 1.32. The summed E-state index contributed by atoms with van der Waals surface area (Å²) in [5.74, 6) is 0. The monoisotopic (exact) mass is 190 g/mol. The summed E-state index contributed by atoms with van der Waals surface area (Å²) < 4.78 is 0. The first-order valence-corrected chi connectivity index (χ1v) is 4.83. The second kappa shape index (κ2) is 8.05. The van der Waals surface area contributed by atoms with E-state index in [1.165, 1.54) is 0 Å². The second-order valence-corrected chi connectivity index (χ2v) is 2.33. The van der Waals surface area contributed by atoms with E-state index in [1.807, 2.05) is 45.2 Å². The lowest BCUT2D eigenvalue weighted by atomic mass is 10.3. The van der Waals surface area contributed by atoms with E-state index >= 15 is 0 Å². The number of nitrogens with one attached hydrogen (secondary N) is 1. The van der Waals surface area contributed by atoms with Crippen LogP contribution in [0.15, 0.2) is 43.2 Å². The summed E-state index contributed by atoms with van der Waals surface area (Å²) in [4.78, 5) is 7.09. The lowest BCUT2D eigenvalue weighted by molar-refractivity contribution is 1.33. The summed E-state index contributed by atoms with van der Waals surface area (Å²) in [6.45, 7) is 9.25. The van der Waals surface area contributed by atoms with E-state index in [-0.39, 0.29) is 0 Å². The fraction of sp³-hybridized carbons (Fsp3) is 0.250. The Labute approximate surface area is 85.7 Å². The predicted octanol–water partition coefficient (Wildman–Crippen LogP) is 3.78. The van der Waals surface area contributed by atoms with Crippen molar-refractivity contribution in [2.75, 3.05) is 0 Å². The highest BCUT2D eigenvalue weighted by Gasteiger charge is 1.88. The molecule has 0 amide bonds. The van der Waals surface area contributed by atoms with Crippen molar-refractivity contribution in [1.82, 2.24) is 9.97 Å². The number of hydrogen-bond donors (Lipinski definition) is 1. The van der Waals surface area contributed by atoms with Gasteiger partial charge < -0.3 is 4.98 Å². The van der Waals surface area contributed by atoms with E-state index in [0.29, 0.717) is 0 Å². The number of allylic oxidation sites excluding steroid dienone is 1. The first-order chi connectivity index (χ1) is 6.88. The van der Waals surface area contributed by atoms with Crippen molar-refractivity contribution in [3.8, 4) is 0 Å². The van der Waals surface area contributed by atoms with Crippen molar-refractivity contribution in [3.63, 3.8) is 0 Å². The average molecular weight is 190 g/mol. The number of rotatable bonds is 0. The van der Waals surface area contributed by atoms with Crippen LogP contribution in [-0.4, -0.2) is 9.97 Å². The summed E-state index contributed by atoms with van der Waals surface area (Å²) in [6, 6.07) is 5.96. The van der Waals surface area contributed by atoms with Crippen molar-refractivity contribution < 1.29 is 0 Å². The van der Waals surface area contributed by atoms with Crippen LogP contribution in [0.3, 0.4) is 0 Å². The van der Waals surface area contributed by atoms with Gasteiger partial charge in [-0.25, -0.2) is 4.98 Å². The van der Waals surface area contributed by atoms with Crippen LogP contribution in [0.2, 0.25) is 0 Å². The number of fused-ring (bicyclic) bond motifs is 1. The van der Waals surface area contributed by atoms with Gasteiger partial charge in [-0.05, 0) is 25.1 Å². The quantitative estimate of drug-likeness (QED) is 0.629. The van der Waals surface area contributed by atoms with Crippen LogP contribution in [0.25, 0.3) is 11.0 Å². The molecule has 2 nitrogen and oxygen atoms in total.